The van der Waals surface area contributed by atoms with Gasteiger partial charge in [-0.25, -0.2) is 4.57 Å². The number of hydrogen-bond acceptors (Lipinski definition) is 8. The number of carbonyl (C=O) groups is 2. The fraction of sp³-hybridized carbons (Fsp3) is 0.895. The quantitative estimate of drug-likeness (QED) is 0.0280. The second-order valence-corrected chi connectivity index (χ2v) is 14.6. The van der Waals surface area contributed by atoms with E-state index in [1.165, 1.54) is 116 Å². The molecule has 0 fully saturated rings. The Balaban J connectivity index is 4.10. The maximum absolute atomic E-state index is 12.5. The third kappa shape index (κ3) is 34.6. The number of hydrogen-bond donors (Lipinski definition) is 2. The Labute approximate surface area is 294 Å². The summed E-state index contributed by atoms with van der Waals surface area (Å²) in [6.45, 7) is 3.70. The lowest BCUT2D eigenvalue weighted by molar-refractivity contribution is -0.161. The van der Waals surface area contributed by atoms with Crippen molar-refractivity contribution in [2.24, 2.45) is 5.73 Å². The van der Waals surface area contributed by atoms with Crippen LogP contribution in [0.4, 0.5) is 0 Å². The van der Waals surface area contributed by atoms with E-state index in [9.17, 15) is 19.0 Å². The van der Waals surface area contributed by atoms with Gasteiger partial charge in [0.2, 0.25) is 0 Å². The Morgan fingerprint density at radius 1 is 0.604 bits per heavy atom. The standard InChI is InChI=1S/C38H74NO8P/c1-3-5-7-9-11-13-14-15-16-17-18-19-20-21-22-23-25-27-29-31-38(41)47-36(35-46-48(42,43)45-33-32-39)34-44-37(40)30-28-26-24-12-10-8-6-4-2/h15-16,36H,3-14,17-35,39H2,1-2H3,(H,42,43)/b16-15+/t36-/m1/s1. The topological polar surface area (TPSA) is 134 Å². The first-order chi connectivity index (χ1) is 23.3. The minimum Gasteiger partial charge on any atom is -0.462 e. The minimum atomic E-state index is -4.36. The predicted octanol–water partition coefficient (Wildman–Crippen LogP) is 10.7. The second-order valence-electron chi connectivity index (χ2n) is 13.2. The van der Waals surface area contributed by atoms with Gasteiger partial charge in [0.1, 0.15) is 6.61 Å². The maximum atomic E-state index is 12.5. The Morgan fingerprint density at radius 2 is 1.02 bits per heavy atom. The van der Waals surface area contributed by atoms with Crippen LogP contribution < -0.4 is 5.73 Å². The maximum Gasteiger partial charge on any atom is 0.472 e. The highest BCUT2D eigenvalue weighted by Gasteiger charge is 2.25. The third-order valence-electron chi connectivity index (χ3n) is 8.40. The zero-order valence-corrected chi connectivity index (χ0v) is 31.9. The van der Waals surface area contributed by atoms with Crippen molar-refractivity contribution in [2.75, 3.05) is 26.4 Å². The van der Waals surface area contributed by atoms with Crippen LogP contribution in [0, 0.1) is 0 Å². The fourth-order valence-electron chi connectivity index (χ4n) is 5.45. The molecule has 0 saturated heterocycles. The van der Waals surface area contributed by atoms with E-state index in [4.69, 9.17) is 24.3 Å². The number of phosphoric ester groups is 1. The Hall–Kier alpha value is -1.25. The summed E-state index contributed by atoms with van der Waals surface area (Å²) in [5.74, 6) is -0.830. The summed E-state index contributed by atoms with van der Waals surface area (Å²) in [5, 5.41) is 0. The molecule has 10 heteroatoms. The minimum absolute atomic E-state index is 0.0555. The molecule has 0 aliphatic rings. The van der Waals surface area contributed by atoms with Crippen molar-refractivity contribution in [2.45, 2.75) is 193 Å². The Bertz CT molecular complexity index is 810. The normalized spacial score (nSPS) is 13.5. The molecular weight excluding hydrogens is 629 g/mol. The number of esters is 2. The van der Waals surface area contributed by atoms with Gasteiger partial charge in [-0.05, 0) is 38.5 Å². The van der Waals surface area contributed by atoms with Crippen LogP contribution in [0.3, 0.4) is 0 Å². The van der Waals surface area contributed by atoms with Crippen molar-refractivity contribution in [1.29, 1.82) is 0 Å². The van der Waals surface area contributed by atoms with Crippen LogP contribution in [0.5, 0.6) is 0 Å². The average Bonchev–Trinajstić information content (AvgIpc) is 3.07. The van der Waals surface area contributed by atoms with Crippen molar-refractivity contribution < 1.29 is 37.6 Å². The molecule has 3 N–H and O–H groups in total. The highest BCUT2D eigenvalue weighted by atomic mass is 31.2. The molecule has 0 amide bonds. The molecule has 0 aliphatic carbocycles. The largest absolute Gasteiger partial charge is 0.472 e. The van der Waals surface area contributed by atoms with Crippen LogP contribution in [-0.2, 0) is 32.7 Å². The van der Waals surface area contributed by atoms with Gasteiger partial charge >= 0.3 is 19.8 Å². The molecular formula is C38H74NO8P. The molecule has 1 unspecified atom stereocenters. The summed E-state index contributed by atoms with van der Waals surface area (Å²) in [4.78, 5) is 34.6. The summed E-state index contributed by atoms with van der Waals surface area (Å²) < 4.78 is 32.6. The van der Waals surface area contributed by atoms with Gasteiger partial charge in [-0.1, -0.05) is 148 Å². The summed E-state index contributed by atoms with van der Waals surface area (Å²) in [6.07, 6.45) is 34.0. The highest BCUT2D eigenvalue weighted by molar-refractivity contribution is 7.47. The molecule has 0 saturated carbocycles. The SMILES string of the molecule is CCCCCCCC/C=C/CCCCCCCCCCCC(=O)O[C@H](COC(=O)CCCCCCCCCC)COP(=O)(O)OCCN. The summed E-state index contributed by atoms with van der Waals surface area (Å²) in [5.41, 5.74) is 5.32. The lowest BCUT2D eigenvalue weighted by Gasteiger charge is -2.19. The number of rotatable bonds is 37. The van der Waals surface area contributed by atoms with Gasteiger partial charge in [-0.2, -0.15) is 0 Å². The molecule has 48 heavy (non-hydrogen) atoms. The zero-order valence-electron chi connectivity index (χ0n) is 31.0. The van der Waals surface area contributed by atoms with Crippen LogP contribution in [0.1, 0.15) is 187 Å². The first-order valence-electron chi connectivity index (χ1n) is 19.7. The first kappa shape index (κ1) is 46.8. The van der Waals surface area contributed by atoms with Crippen LogP contribution >= 0.6 is 7.82 Å². The molecule has 0 bridgehead atoms. The van der Waals surface area contributed by atoms with Gasteiger partial charge < -0.3 is 20.1 Å². The van der Waals surface area contributed by atoms with Gasteiger partial charge in [-0.15, -0.1) is 0 Å². The van der Waals surface area contributed by atoms with Crippen molar-refractivity contribution in [1.82, 2.24) is 0 Å². The summed E-state index contributed by atoms with van der Waals surface area (Å²) >= 11 is 0. The van der Waals surface area contributed by atoms with E-state index >= 15 is 0 Å². The Morgan fingerprint density at radius 3 is 1.48 bits per heavy atom. The number of ether oxygens (including phenoxy) is 2. The smallest absolute Gasteiger partial charge is 0.462 e. The number of allylic oxidation sites excluding steroid dienone is 2. The summed E-state index contributed by atoms with van der Waals surface area (Å²) in [6, 6.07) is 0. The molecule has 9 nitrogen and oxygen atoms in total. The van der Waals surface area contributed by atoms with E-state index in [-0.39, 0.29) is 38.6 Å². The van der Waals surface area contributed by atoms with E-state index in [0.717, 1.165) is 38.5 Å². The van der Waals surface area contributed by atoms with E-state index in [1.807, 2.05) is 0 Å². The number of unbranched alkanes of at least 4 members (excludes halogenated alkanes) is 22. The zero-order chi connectivity index (χ0) is 35.4. The number of carbonyl (C=O) groups excluding carboxylic acids is 2. The van der Waals surface area contributed by atoms with E-state index in [1.54, 1.807) is 0 Å². The van der Waals surface area contributed by atoms with Gasteiger partial charge in [0.15, 0.2) is 6.10 Å². The van der Waals surface area contributed by atoms with Crippen molar-refractivity contribution in [3.05, 3.63) is 12.2 Å². The van der Waals surface area contributed by atoms with Crippen molar-refractivity contribution in [3.8, 4) is 0 Å². The molecule has 0 aliphatic heterocycles. The van der Waals surface area contributed by atoms with Crippen molar-refractivity contribution >= 4 is 19.8 Å². The second kappa shape index (κ2) is 35.6. The molecule has 0 spiro atoms. The third-order valence-corrected chi connectivity index (χ3v) is 9.39. The first-order valence-corrected chi connectivity index (χ1v) is 21.2. The summed E-state index contributed by atoms with van der Waals surface area (Å²) in [7, 11) is -4.36. The molecule has 0 heterocycles. The van der Waals surface area contributed by atoms with Gasteiger partial charge in [0.25, 0.3) is 0 Å². The number of phosphoric acid groups is 1. The highest BCUT2D eigenvalue weighted by Crippen LogP contribution is 2.43. The van der Waals surface area contributed by atoms with Crippen LogP contribution in [-0.4, -0.2) is 49.3 Å². The molecule has 0 rings (SSSR count). The van der Waals surface area contributed by atoms with Gasteiger partial charge in [0, 0.05) is 19.4 Å². The van der Waals surface area contributed by atoms with E-state index in [2.05, 4.69) is 26.0 Å². The Kier molecular flexibility index (Phi) is 34.6. The van der Waals surface area contributed by atoms with Crippen LogP contribution in [0.25, 0.3) is 0 Å². The van der Waals surface area contributed by atoms with E-state index < -0.39 is 26.5 Å². The molecule has 0 aromatic rings. The molecule has 2 atom stereocenters. The van der Waals surface area contributed by atoms with Gasteiger partial charge in [0.05, 0.1) is 13.2 Å². The lowest BCUT2D eigenvalue weighted by atomic mass is 10.1. The molecule has 0 aromatic heterocycles. The molecule has 0 radical (unpaired) electrons. The van der Waals surface area contributed by atoms with Crippen LogP contribution in [0.2, 0.25) is 0 Å². The lowest BCUT2D eigenvalue weighted by Crippen LogP contribution is -2.29. The average molecular weight is 704 g/mol. The molecule has 0 aromatic carbocycles. The van der Waals surface area contributed by atoms with Gasteiger partial charge in [-0.3, -0.25) is 18.6 Å². The predicted molar refractivity (Wildman–Crippen MR) is 197 cm³/mol. The molecule has 284 valence electrons. The van der Waals surface area contributed by atoms with Crippen molar-refractivity contribution in [3.63, 3.8) is 0 Å². The van der Waals surface area contributed by atoms with Crippen LogP contribution in [0.15, 0.2) is 12.2 Å². The fourth-order valence-corrected chi connectivity index (χ4v) is 6.22. The monoisotopic (exact) mass is 704 g/mol. The van der Waals surface area contributed by atoms with E-state index in [0.29, 0.717) is 6.42 Å². The number of nitrogens with two attached hydrogens (primary N) is 1.